The van der Waals surface area contributed by atoms with Crippen molar-refractivity contribution in [3.63, 3.8) is 0 Å². The summed E-state index contributed by atoms with van der Waals surface area (Å²) >= 11 is 0. The van der Waals surface area contributed by atoms with Crippen LogP contribution in [0.3, 0.4) is 0 Å². The van der Waals surface area contributed by atoms with Gasteiger partial charge in [-0.3, -0.25) is 4.79 Å². The number of rotatable bonds is 4. The van der Waals surface area contributed by atoms with Crippen LogP contribution in [-0.4, -0.2) is 44.2 Å². The summed E-state index contributed by atoms with van der Waals surface area (Å²) in [5.41, 5.74) is 0.964. The van der Waals surface area contributed by atoms with Crippen LogP contribution in [-0.2, 0) is 16.0 Å². The van der Waals surface area contributed by atoms with E-state index in [9.17, 15) is 4.79 Å². The fourth-order valence-electron chi connectivity index (χ4n) is 3.88. The molecule has 1 heterocycles. The van der Waals surface area contributed by atoms with Crippen molar-refractivity contribution in [1.82, 2.24) is 4.90 Å². The second kappa shape index (κ2) is 6.06. The zero-order valence-corrected chi connectivity index (χ0v) is 12.7. The third-order valence-electron chi connectivity index (χ3n) is 4.91. The lowest BCUT2D eigenvalue weighted by molar-refractivity contribution is -0.135. The van der Waals surface area contributed by atoms with Crippen LogP contribution in [0.2, 0.25) is 0 Å². The van der Waals surface area contributed by atoms with E-state index in [0.29, 0.717) is 24.4 Å². The molecule has 21 heavy (non-hydrogen) atoms. The predicted octanol–water partition coefficient (Wildman–Crippen LogP) is 2.12. The number of carbonyl (C=O) groups is 1. The Hall–Kier alpha value is -1.55. The molecule has 2 fully saturated rings. The van der Waals surface area contributed by atoms with Crippen LogP contribution in [0.25, 0.3) is 0 Å². The summed E-state index contributed by atoms with van der Waals surface area (Å²) in [4.78, 5) is 14.6. The third-order valence-corrected chi connectivity index (χ3v) is 4.91. The van der Waals surface area contributed by atoms with Crippen molar-refractivity contribution in [2.45, 2.75) is 25.4 Å². The average molecular weight is 289 g/mol. The number of nitrogens with zero attached hydrogens (tertiary/aromatic N) is 1. The summed E-state index contributed by atoms with van der Waals surface area (Å²) in [6, 6.07) is 7.75. The highest BCUT2D eigenvalue weighted by Gasteiger charge is 2.43. The molecule has 0 N–H and O–H groups in total. The molecule has 3 rings (SSSR count). The van der Waals surface area contributed by atoms with E-state index in [-0.39, 0.29) is 5.91 Å². The van der Waals surface area contributed by atoms with Crippen molar-refractivity contribution in [3.8, 4) is 5.75 Å². The number of likely N-dealkylation sites (tertiary alicyclic amines) is 1. The molecule has 1 saturated heterocycles. The molecule has 1 aliphatic carbocycles. The molecule has 0 spiro atoms. The third kappa shape index (κ3) is 2.77. The smallest absolute Gasteiger partial charge is 0.227 e. The second-order valence-electron chi connectivity index (χ2n) is 6.09. The van der Waals surface area contributed by atoms with Crippen LogP contribution in [0, 0.1) is 11.8 Å². The van der Waals surface area contributed by atoms with Crippen LogP contribution in [0.15, 0.2) is 24.3 Å². The zero-order chi connectivity index (χ0) is 14.8. The number of hydrogen-bond donors (Lipinski definition) is 0. The molecule has 4 heteroatoms. The lowest BCUT2D eigenvalue weighted by Gasteiger charge is -2.37. The highest BCUT2D eigenvalue weighted by atomic mass is 16.5. The minimum Gasteiger partial charge on any atom is -0.496 e. The number of hydrogen-bond acceptors (Lipinski definition) is 3. The number of carbonyl (C=O) groups excluding carboxylic acids is 1. The van der Waals surface area contributed by atoms with Gasteiger partial charge in [-0.05, 0) is 18.9 Å². The number of benzene rings is 1. The first-order valence-corrected chi connectivity index (χ1v) is 7.65. The Balaban J connectivity index is 1.67. The van der Waals surface area contributed by atoms with Crippen LogP contribution < -0.4 is 4.74 Å². The van der Waals surface area contributed by atoms with Gasteiger partial charge in [0.25, 0.3) is 0 Å². The number of amides is 1. The zero-order valence-electron chi connectivity index (χ0n) is 12.7. The van der Waals surface area contributed by atoms with E-state index in [1.807, 2.05) is 29.2 Å². The Morgan fingerprint density at radius 1 is 1.19 bits per heavy atom. The Labute approximate surface area is 126 Å². The molecule has 1 aromatic rings. The SMILES string of the molecule is COc1ccccc1CC(=O)N1C[C@H]2CC[C@@H](C1)C2OC. The molecule has 1 aromatic carbocycles. The van der Waals surface area contributed by atoms with Crippen molar-refractivity contribution < 1.29 is 14.3 Å². The van der Waals surface area contributed by atoms with Gasteiger partial charge in [0, 0.05) is 37.6 Å². The monoisotopic (exact) mass is 289 g/mol. The minimum atomic E-state index is 0.200. The molecule has 2 bridgehead atoms. The van der Waals surface area contributed by atoms with Crippen LogP contribution in [0.5, 0.6) is 5.75 Å². The summed E-state index contributed by atoms with van der Waals surface area (Å²) in [5, 5.41) is 0. The largest absolute Gasteiger partial charge is 0.496 e. The van der Waals surface area contributed by atoms with Gasteiger partial charge in [0.1, 0.15) is 5.75 Å². The first-order valence-electron chi connectivity index (χ1n) is 7.65. The lowest BCUT2D eigenvalue weighted by Crippen LogP contribution is -2.48. The van der Waals surface area contributed by atoms with E-state index in [0.717, 1.165) is 24.4 Å². The number of ether oxygens (including phenoxy) is 2. The highest BCUT2D eigenvalue weighted by molar-refractivity contribution is 5.79. The van der Waals surface area contributed by atoms with Crippen LogP contribution >= 0.6 is 0 Å². The Morgan fingerprint density at radius 3 is 2.48 bits per heavy atom. The Morgan fingerprint density at radius 2 is 1.86 bits per heavy atom. The minimum absolute atomic E-state index is 0.200. The Kier molecular flexibility index (Phi) is 4.15. The molecule has 3 atom stereocenters. The first kappa shape index (κ1) is 14.4. The van der Waals surface area contributed by atoms with Crippen LogP contribution in [0.4, 0.5) is 0 Å². The molecule has 1 amide bonds. The van der Waals surface area contributed by atoms with Crippen molar-refractivity contribution in [1.29, 1.82) is 0 Å². The maximum absolute atomic E-state index is 12.6. The molecule has 0 aromatic heterocycles. The maximum Gasteiger partial charge on any atom is 0.227 e. The first-order chi connectivity index (χ1) is 10.2. The standard InChI is InChI=1S/C17H23NO3/c1-20-15-6-4-3-5-12(15)9-16(19)18-10-13-7-8-14(11-18)17(13)21-2/h3-6,13-14,17H,7-11H2,1-2H3/t13-,14+,17?. The number of methoxy groups -OCH3 is 2. The molecule has 114 valence electrons. The van der Waals surface area contributed by atoms with Gasteiger partial charge in [-0.25, -0.2) is 0 Å². The van der Waals surface area contributed by atoms with Gasteiger partial charge in [0.15, 0.2) is 0 Å². The average Bonchev–Trinajstić information content (AvgIpc) is 2.75. The molecular formula is C17H23NO3. The normalized spacial score (nSPS) is 27.7. The molecule has 4 nitrogen and oxygen atoms in total. The summed E-state index contributed by atoms with van der Waals surface area (Å²) in [5.74, 6) is 2.01. The van der Waals surface area contributed by atoms with Crippen molar-refractivity contribution in [2.24, 2.45) is 11.8 Å². The molecule has 2 aliphatic rings. The fourth-order valence-corrected chi connectivity index (χ4v) is 3.88. The van der Waals surface area contributed by atoms with Crippen molar-refractivity contribution in [2.75, 3.05) is 27.3 Å². The van der Waals surface area contributed by atoms with Gasteiger partial charge in [-0.2, -0.15) is 0 Å². The number of fused-ring (bicyclic) bond motifs is 2. The quantitative estimate of drug-likeness (QED) is 0.852. The highest BCUT2D eigenvalue weighted by Crippen LogP contribution is 2.38. The molecule has 0 radical (unpaired) electrons. The van der Waals surface area contributed by atoms with Gasteiger partial charge in [0.05, 0.1) is 19.6 Å². The van der Waals surface area contributed by atoms with Crippen molar-refractivity contribution >= 4 is 5.91 Å². The van der Waals surface area contributed by atoms with Gasteiger partial charge >= 0.3 is 0 Å². The van der Waals surface area contributed by atoms with Gasteiger partial charge in [-0.15, -0.1) is 0 Å². The molecule has 1 aliphatic heterocycles. The summed E-state index contributed by atoms with van der Waals surface area (Å²) in [7, 11) is 3.44. The van der Waals surface area contributed by atoms with Crippen LogP contribution in [0.1, 0.15) is 18.4 Å². The topological polar surface area (TPSA) is 38.8 Å². The number of piperidine rings is 1. The van der Waals surface area contributed by atoms with Gasteiger partial charge in [0.2, 0.25) is 5.91 Å². The van der Waals surface area contributed by atoms with Crippen molar-refractivity contribution in [3.05, 3.63) is 29.8 Å². The van der Waals surface area contributed by atoms with Gasteiger partial charge < -0.3 is 14.4 Å². The predicted molar refractivity (Wildman–Crippen MR) is 80.3 cm³/mol. The molecule has 1 unspecified atom stereocenters. The van der Waals surface area contributed by atoms with E-state index in [2.05, 4.69) is 0 Å². The van der Waals surface area contributed by atoms with E-state index in [4.69, 9.17) is 9.47 Å². The second-order valence-corrected chi connectivity index (χ2v) is 6.09. The Bertz CT molecular complexity index is 503. The lowest BCUT2D eigenvalue weighted by atomic mass is 9.94. The maximum atomic E-state index is 12.6. The van der Waals surface area contributed by atoms with Gasteiger partial charge in [-0.1, -0.05) is 18.2 Å². The fraction of sp³-hybridized carbons (Fsp3) is 0.588. The molecule has 1 saturated carbocycles. The van der Waals surface area contributed by atoms with E-state index in [1.165, 1.54) is 12.8 Å². The summed E-state index contributed by atoms with van der Waals surface area (Å²) < 4.78 is 10.9. The van der Waals surface area contributed by atoms with E-state index in [1.54, 1.807) is 14.2 Å². The van der Waals surface area contributed by atoms with E-state index >= 15 is 0 Å². The summed E-state index contributed by atoms with van der Waals surface area (Å²) in [6.45, 7) is 1.67. The summed E-state index contributed by atoms with van der Waals surface area (Å²) in [6.07, 6.45) is 3.13. The van der Waals surface area contributed by atoms with E-state index < -0.39 is 0 Å². The number of para-hydroxylation sites is 1. The molecular weight excluding hydrogens is 266 g/mol.